The quantitative estimate of drug-likeness (QED) is 0.516. The maximum absolute atomic E-state index is 12.7. The van der Waals surface area contributed by atoms with E-state index in [9.17, 15) is 14.4 Å². The van der Waals surface area contributed by atoms with Gasteiger partial charge in [0, 0.05) is 23.5 Å². The highest BCUT2D eigenvalue weighted by atomic mass is 35.5. The average molecular weight is 414 g/mol. The first-order valence-electron chi connectivity index (χ1n) is 8.97. The summed E-state index contributed by atoms with van der Waals surface area (Å²) in [5.41, 5.74) is 7.13. The molecular weight excluding hydrogens is 394 g/mol. The first-order chi connectivity index (χ1) is 13.9. The lowest BCUT2D eigenvalue weighted by Gasteiger charge is -2.19. The van der Waals surface area contributed by atoms with Crippen molar-refractivity contribution in [2.24, 2.45) is 5.73 Å². The molecule has 1 aromatic heterocycles. The van der Waals surface area contributed by atoms with E-state index in [-0.39, 0.29) is 17.0 Å². The number of nitrogens with one attached hydrogen (secondary N) is 2. The Morgan fingerprint density at radius 1 is 1.14 bits per heavy atom. The van der Waals surface area contributed by atoms with E-state index in [1.54, 1.807) is 30.5 Å². The average Bonchev–Trinajstić information content (AvgIpc) is 3.10. The molecule has 0 spiro atoms. The van der Waals surface area contributed by atoms with Crippen LogP contribution in [0.3, 0.4) is 0 Å². The predicted octanol–water partition coefficient (Wildman–Crippen LogP) is 2.58. The van der Waals surface area contributed by atoms with E-state index in [0.717, 1.165) is 16.5 Å². The highest BCUT2D eigenvalue weighted by Gasteiger charge is 2.27. The van der Waals surface area contributed by atoms with Gasteiger partial charge in [0.05, 0.1) is 10.6 Å². The van der Waals surface area contributed by atoms with E-state index in [2.05, 4.69) is 10.3 Å². The SMILES string of the molecule is C[C@H](OC(=O)[C@@H](Cc1c[nH]c2ccccc12)NC(=O)c1ccccc1Cl)C(N)=O. The Morgan fingerprint density at radius 2 is 1.83 bits per heavy atom. The number of aromatic amines is 1. The van der Waals surface area contributed by atoms with Crippen molar-refractivity contribution < 1.29 is 19.1 Å². The number of carbonyl (C=O) groups excluding carboxylic acids is 3. The van der Waals surface area contributed by atoms with Gasteiger partial charge in [0.25, 0.3) is 11.8 Å². The molecule has 8 heteroatoms. The molecule has 3 aromatic rings. The van der Waals surface area contributed by atoms with Crippen molar-refractivity contribution in [1.82, 2.24) is 10.3 Å². The molecule has 0 saturated heterocycles. The molecule has 0 aliphatic rings. The van der Waals surface area contributed by atoms with Gasteiger partial charge in [0.15, 0.2) is 6.10 Å². The summed E-state index contributed by atoms with van der Waals surface area (Å²) in [7, 11) is 0. The van der Waals surface area contributed by atoms with Crippen molar-refractivity contribution in [1.29, 1.82) is 0 Å². The number of benzene rings is 2. The molecule has 0 aliphatic heterocycles. The summed E-state index contributed by atoms with van der Waals surface area (Å²) in [6, 6.07) is 13.0. The second kappa shape index (κ2) is 8.79. The predicted molar refractivity (Wildman–Crippen MR) is 109 cm³/mol. The number of halogens is 1. The van der Waals surface area contributed by atoms with E-state index in [1.807, 2.05) is 24.3 Å². The summed E-state index contributed by atoms with van der Waals surface area (Å²) in [4.78, 5) is 39.8. The third-order valence-electron chi connectivity index (χ3n) is 4.50. The number of aromatic nitrogens is 1. The molecule has 0 unspecified atom stereocenters. The molecular formula is C21H20ClN3O4. The van der Waals surface area contributed by atoms with Crippen LogP contribution in [0.2, 0.25) is 5.02 Å². The minimum atomic E-state index is -1.12. The van der Waals surface area contributed by atoms with E-state index < -0.39 is 29.9 Å². The molecule has 150 valence electrons. The molecule has 0 aliphatic carbocycles. The molecule has 0 bridgehead atoms. The largest absolute Gasteiger partial charge is 0.451 e. The molecule has 2 atom stereocenters. The van der Waals surface area contributed by atoms with E-state index in [0.29, 0.717) is 0 Å². The monoisotopic (exact) mass is 413 g/mol. The van der Waals surface area contributed by atoms with Gasteiger partial charge in [-0.25, -0.2) is 4.79 Å². The van der Waals surface area contributed by atoms with Crippen molar-refractivity contribution in [2.75, 3.05) is 0 Å². The van der Waals surface area contributed by atoms with Gasteiger partial charge in [0.1, 0.15) is 6.04 Å². The summed E-state index contributed by atoms with van der Waals surface area (Å²) in [5, 5.41) is 3.83. The normalized spacial score (nSPS) is 12.9. The number of amides is 2. The van der Waals surface area contributed by atoms with Gasteiger partial charge in [-0.3, -0.25) is 9.59 Å². The Hall–Kier alpha value is -3.32. The van der Waals surface area contributed by atoms with Crippen molar-refractivity contribution in [3.8, 4) is 0 Å². The van der Waals surface area contributed by atoms with Crippen molar-refractivity contribution in [3.63, 3.8) is 0 Å². The molecule has 0 radical (unpaired) electrons. The standard InChI is InChI=1S/C21H20ClN3O4/c1-12(19(23)26)29-21(28)18(25-20(27)15-7-2-4-8-16(15)22)10-13-11-24-17-9-5-3-6-14(13)17/h2-9,11-12,18,24H,10H2,1H3,(H2,23,26)(H,25,27)/t12-,18+/m0/s1. The highest BCUT2D eigenvalue weighted by Crippen LogP contribution is 2.20. The topological polar surface area (TPSA) is 114 Å². The zero-order chi connectivity index (χ0) is 21.0. The Balaban J connectivity index is 1.86. The van der Waals surface area contributed by atoms with Crippen LogP contribution in [0.25, 0.3) is 10.9 Å². The Kier molecular flexibility index (Phi) is 6.19. The number of nitrogens with two attached hydrogens (primary N) is 1. The lowest BCUT2D eigenvalue weighted by Crippen LogP contribution is -2.45. The van der Waals surface area contributed by atoms with Crippen LogP contribution in [0.4, 0.5) is 0 Å². The van der Waals surface area contributed by atoms with E-state index >= 15 is 0 Å². The van der Waals surface area contributed by atoms with Gasteiger partial charge in [-0.15, -0.1) is 0 Å². The second-order valence-corrected chi connectivity index (χ2v) is 6.96. The fourth-order valence-corrected chi connectivity index (χ4v) is 3.13. The van der Waals surface area contributed by atoms with Crippen LogP contribution < -0.4 is 11.1 Å². The number of rotatable bonds is 7. The van der Waals surface area contributed by atoms with Crippen LogP contribution in [-0.2, 0) is 20.7 Å². The van der Waals surface area contributed by atoms with Gasteiger partial charge in [0.2, 0.25) is 0 Å². The fourth-order valence-electron chi connectivity index (χ4n) is 2.91. The number of carbonyl (C=O) groups is 3. The van der Waals surface area contributed by atoms with E-state index in [4.69, 9.17) is 22.1 Å². The first kappa shape index (κ1) is 20.4. The highest BCUT2D eigenvalue weighted by molar-refractivity contribution is 6.33. The van der Waals surface area contributed by atoms with Gasteiger partial charge in [-0.05, 0) is 30.7 Å². The number of hydrogen-bond donors (Lipinski definition) is 3. The van der Waals surface area contributed by atoms with Crippen LogP contribution in [-0.4, -0.2) is 34.9 Å². The van der Waals surface area contributed by atoms with Crippen molar-refractivity contribution >= 4 is 40.3 Å². The van der Waals surface area contributed by atoms with Crippen molar-refractivity contribution in [2.45, 2.75) is 25.5 Å². The summed E-state index contributed by atoms with van der Waals surface area (Å²) in [6.45, 7) is 1.37. The lowest BCUT2D eigenvalue weighted by atomic mass is 10.0. The molecule has 2 amide bonds. The molecule has 3 rings (SSSR count). The minimum Gasteiger partial charge on any atom is -0.451 e. The zero-order valence-corrected chi connectivity index (χ0v) is 16.4. The van der Waals surface area contributed by atoms with Crippen LogP contribution in [0.1, 0.15) is 22.8 Å². The molecule has 4 N–H and O–H groups in total. The number of primary amides is 1. The Labute approximate surface area is 172 Å². The number of ether oxygens (including phenoxy) is 1. The van der Waals surface area contributed by atoms with Crippen LogP contribution in [0, 0.1) is 0 Å². The number of para-hydroxylation sites is 1. The lowest BCUT2D eigenvalue weighted by molar-refractivity contribution is -0.155. The minimum absolute atomic E-state index is 0.157. The van der Waals surface area contributed by atoms with E-state index in [1.165, 1.54) is 6.92 Å². The third kappa shape index (κ3) is 4.75. The first-order valence-corrected chi connectivity index (χ1v) is 9.35. The number of esters is 1. The maximum atomic E-state index is 12.7. The number of H-pyrrole nitrogens is 1. The Bertz CT molecular complexity index is 1060. The van der Waals surface area contributed by atoms with Crippen LogP contribution in [0.15, 0.2) is 54.7 Å². The zero-order valence-electron chi connectivity index (χ0n) is 15.6. The second-order valence-electron chi connectivity index (χ2n) is 6.55. The molecule has 0 saturated carbocycles. The van der Waals surface area contributed by atoms with Crippen LogP contribution >= 0.6 is 11.6 Å². The smallest absolute Gasteiger partial charge is 0.329 e. The molecule has 29 heavy (non-hydrogen) atoms. The Morgan fingerprint density at radius 3 is 2.55 bits per heavy atom. The van der Waals surface area contributed by atoms with Crippen molar-refractivity contribution in [3.05, 3.63) is 70.9 Å². The summed E-state index contributed by atoms with van der Waals surface area (Å²) < 4.78 is 5.13. The molecule has 7 nitrogen and oxygen atoms in total. The number of hydrogen-bond acceptors (Lipinski definition) is 4. The number of fused-ring (bicyclic) bond motifs is 1. The van der Waals surface area contributed by atoms with Gasteiger partial charge >= 0.3 is 5.97 Å². The summed E-state index contributed by atoms with van der Waals surface area (Å²) in [6.07, 6.45) is 0.805. The van der Waals surface area contributed by atoms with Crippen LogP contribution in [0.5, 0.6) is 0 Å². The van der Waals surface area contributed by atoms with Gasteiger partial charge in [-0.1, -0.05) is 41.9 Å². The third-order valence-corrected chi connectivity index (χ3v) is 4.83. The van der Waals surface area contributed by atoms with Gasteiger partial charge in [-0.2, -0.15) is 0 Å². The fraction of sp³-hybridized carbons (Fsp3) is 0.190. The molecule has 2 aromatic carbocycles. The maximum Gasteiger partial charge on any atom is 0.329 e. The molecule has 0 fully saturated rings. The summed E-state index contributed by atoms with van der Waals surface area (Å²) in [5.74, 6) is -2.06. The summed E-state index contributed by atoms with van der Waals surface area (Å²) >= 11 is 6.09. The van der Waals surface area contributed by atoms with Gasteiger partial charge < -0.3 is 20.8 Å². The molecule has 1 heterocycles.